The van der Waals surface area contributed by atoms with Gasteiger partial charge in [0, 0.05) is 26.6 Å². The zero-order valence-electron chi connectivity index (χ0n) is 13.5. The van der Waals surface area contributed by atoms with Crippen molar-refractivity contribution in [1.29, 1.82) is 0 Å². The van der Waals surface area contributed by atoms with Crippen LogP contribution in [0, 0.1) is 5.82 Å². The van der Waals surface area contributed by atoms with Crippen LogP contribution in [0.2, 0.25) is 0 Å². The molecule has 23 heavy (non-hydrogen) atoms. The molecule has 1 aromatic rings. The van der Waals surface area contributed by atoms with Crippen LogP contribution in [-0.4, -0.2) is 42.0 Å². The summed E-state index contributed by atoms with van der Waals surface area (Å²) in [6, 6.07) is 5.31. The summed E-state index contributed by atoms with van der Waals surface area (Å²) in [6.45, 7) is 4.58. The molecular weight excluding hydrogens is 299 g/mol. The van der Waals surface area contributed by atoms with Crippen LogP contribution >= 0.6 is 0 Å². The average Bonchev–Trinajstić information content (AvgIpc) is 3.04. The van der Waals surface area contributed by atoms with E-state index in [2.05, 4.69) is 5.32 Å². The zero-order chi connectivity index (χ0) is 16.8. The van der Waals surface area contributed by atoms with E-state index in [9.17, 15) is 14.0 Å². The summed E-state index contributed by atoms with van der Waals surface area (Å²) in [6.07, 6.45) is 2.02. The van der Waals surface area contributed by atoms with Crippen LogP contribution in [0.4, 0.5) is 4.39 Å². The van der Waals surface area contributed by atoms with E-state index in [1.54, 1.807) is 19.1 Å². The van der Waals surface area contributed by atoms with Crippen molar-refractivity contribution in [3.8, 4) is 0 Å². The first kappa shape index (κ1) is 17.4. The smallest absolute Gasteiger partial charge is 0.242 e. The van der Waals surface area contributed by atoms with Crippen LogP contribution in [0.5, 0.6) is 0 Å². The number of nitrogens with one attached hydrogen (secondary N) is 1. The highest BCUT2D eigenvalue weighted by molar-refractivity contribution is 5.86. The van der Waals surface area contributed by atoms with E-state index in [4.69, 9.17) is 4.74 Å². The second-order valence-electron chi connectivity index (χ2n) is 5.83. The summed E-state index contributed by atoms with van der Waals surface area (Å²) in [4.78, 5) is 25.6. The first-order chi connectivity index (χ1) is 11.0. The van der Waals surface area contributed by atoms with Gasteiger partial charge in [-0.25, -0.2) is 4.39 Å². The Hall–Kier alpha value is -1.95. The number of amides is 2. The minimum atomic E-state index is -0.598. The van der Waals surface area contributed by atoms with Gasteiger partial charge in [0.2, 0.25) is 11.8 Å². The predicted octanol–water partition coefficient (Wildman–Crippen LogP) is 1.86. The fourth-order valence-corrected chi connectivity index (χ4v) is 2.62. The minimum Gasteiger partial charge on any atom is -0.376 e. The lowest BCUT2D eigenvalue weighted by atomic mass is 10.1. The summed E-state index contributed by atoms with van der Waals surface area (Å²) < 4.78 is 18.4. The summed E-state index contributed by atoms with van der Waals surface area (Å²) in [5, 5.41) is 2.84. The Kier molecular flexibility index (Phi) is 6.10. The molecule has 0 aliphatic carbocycles. The van der Waals surface area contributed by atoms with Crippen molar-refractivity contribution in [2.45, 2.75) is 45.4 Å². The van der Waals surface area contributed by atoms with Crippen LogP contribution in [0.1, 0.15) is 32.3 Å². The maximum Gasteiger partial charge on any atom is 0.242 e. The van der Waals surface area contributed by atoms with Crippen LogP contribution in [-0.2, 0) is 20.9 Å². The lowest BCUT2D eigenvalue weighted by molar-refractivity contribution is -0.139. The molecule has 1 N–H and O–H groups in total. The second-order valence-corrected chi connectivity index (χ2v) is 5.83. The highest BCUT2D eigenvalue weighted by Crippen LogP contribution is 2.12. The van der Waals surface area contributed by atoms with Crippen molar-refractivity contribution >= 4 is 11.8 Å². The quantitative estimate of drug-likeness (QED) is 0.870. The molecule has 1 heterocycles. The summed E-state index contributed by atoms with van der Waals surface area (Å²) >= 11 is 0. The van der Waals surface area contributed by atoms with E-state index >= 15 is 0 Å². The Bertz CT molecular complexity index is 541. The van der Waals surface area contributed by atoms with E-state index in [0.29, 0.717) is 6.54 Å². The molecule has 1 saturated heterocycles. The standard InChI is InChI=1S/C17H23FN2O3/c1-12(17(22)19-10-16-4-3-9-23-16)20(13(2)21)11-14-5-7-15(18)8-6-14/h5-8,12,16H,3-4,9-11H2,1-2H3,(H,19,22)/t12-,16-/m1/s1. The molecule has 2 atom stereocenters. The maximum atomic E-state index is 13.0. The summed E-state index contributed by atoms with van der Waals surface area (Å²) in [5.74, 6) is -0.739. The van der Waals surface area contributed by atoms with Gasteiger partial charge in [-0.1, -0.05) is 12.1 Å². The van der Waals surface area contributed by atoms with Crippen LogP contribution in [0.3, 0.4) is 0 Å². The lowest BCUT2D eigenvalue weighted by Crippen LogP contribution is -2.48. The average molecular weight is 322 g/mol. The molecule has 1 fully saturated rings. The van der Waals surface area contributed by atoms with Crippen molar-refractivity contribution in [1.82, 2.24) is 10.2 Å². The molecule has 0 unspecified atom stereocenters. The zero-order valence-corrected chi connectivity index (χ0v) is 13.5. The van der Waals surface area contributed by atoms with Crippen LogP contribution in [0.15, 0.2) is 24.3 Å². The minimum absolute atomic E-state index is 0.0639. The van der Waals surface area contributed by atoms with E-state index < -0.39 is 6.04 Å². The fraction of sp³-hybridized carbons (Fsp3) is 0.529. The molecule has 126 valence electrons. The third-order valence-corrected chi connectivity index (χ3v) is 4.05. The predicted molar refractivity (Wildman–Crippen MR) is 84.1 cm³/mol. The Labute approximate surface area is 135 Å². The van der Waals surface area contributed by atoms with Crippen LogP contribution < -0.4 is 5.32 Å². The number of nitrogens with zero attached hydrogens (tertiary/aromatic N) is 1. The van der Waals surface area contributed by atoms with E-state index in [1.165, 1.54) is 24.0 Å². The van der Waals surface area contributed by atoms with Crippen molar-refractivity contribution in [3.05, 3.63) is 35.6 Å². The van der Waals surface area contributed by atoms with Gasteiger partial charge in [0.15, 0.2) is 0 Å². The third-order valence-electron chi connectivity index (χ3n) is 4.05. The van der Waals surface area contributed by atoms with Gasteiger partial charge in [0.1, 0.15) is 11.9 Å². The van der Waals surface area contributed by atoms with Gasteiger partial charge in [0.25, 0.3) is 0 Å². The van der Waals surface area contributed by atoms with E-state index in [0.717, 1.165) is 25.0 Å². The molecule has 5 nitrogen and oxygen atoms in total. The number of carbonyl (C=O) groups is 2. The molecular formula is C17H23FN2O3. The number of carbonyl (C=O) groups excluding carboxylic acids is 2. The van der Waals surface area contributed by atoms with Gasteiger partial charge in [-0.15, -0.1) is 0 Å². The van der Waals surface area contributed by atoms with E-state index in [1.807, 2.05) is 0 Å². The molecule has 1 aliphatic rings. The second kappa shape index (κ2) is 8.06. The van der Waals surface area contributed by atoms with Gasteiger partial charge in [0.05, 0.1) is 6.10 Å². The first-order valence-electron chi connectivity index (χ1n) is 7.88. The third kappa shape index (κ3) is 5.03. The number of halogens is 1. The largest absolute Gasteiger partial charge is 0.376 e. The van der Waals surface area contributed by atoms with Gasteiger partial charge in [-0.2, -0.15) is 0 Å². The molecule has 0 bridgehead atoms. The molecule has 1 aromatic carbocycles. The van der Waals surface area contributed by atoms with Crippen LogP contribution in [0.25, 0.3) is 0 Å². The number of ether oxygens (including phenoxy) is 1. The van der Waals surface area contributed by atoms with Crippen molar-refractivity contribution in [3.63, 3.8) is 0 Å². The molecule has 2 amide bonds. The maximum absolute atomic E-state index is 13.0. The molecule has 0 radical (unpaired) electrons. The van der Waals surface area contributed by atoms with Gasteiger partial charge in [-0.3, -0.25) is 9.59 Å². The lowest BCUT2D eigenvalue weighted by Gasteiger charge is -2.28. The Balaban J connectivity index is 1.93. The highest BCUT2D eigenvalue weighted by atomic mass is 19.1. The van der Waals surface area contributed by atoms with Crippen molar-refractivity contribution in [2.24, 2.45) is 0 Å². The molecule has 6 heteroatoms. The molecule has 0 aromatic heterocycles. The highest BCUT2D eigenvalue weighted by Gasteiger charge is 2.25. The topological polar surface area (TPSA) is 58.6 Å². The van der Waals surface area contributed by atoms with Gasteiger partial charge in [-0.05, 0) is 37.5 Å². The Morgan fingerprint density at radius 3 is 2.65 bits per heavy atom. The normalized spacial score (nSPS) is 18.5. The first-order valence-corrected chi connectivity index (χ1v) is 7.88. The molecule has 2 rings (SSSR count). The molecule has 0 saturated carbocycles. The fourth-order valence-electron chi connectivity index (χ4n) is 2.62. The number of hydrogen-bond donors (Lipinski definition) is 1. The Morgan fingerprint density at radius 1 is 1.39 bits per heavy atom. The number of rotatable bonds is 6. The van der Waals surface area contributed by atoms with E-state index in [-0.39, 0.29) is 30.3 Å². The molecule has 1 aliphatic heterocycles. The SMILES string of the molecule is CC(=O)N(Cc1ccc(F)cc1)[C@H](C)C(=O)NC[C@H]1CCCO1. The number of benzene rings is 1. The summed E-state index contributed by atoms with van der Waals surface area (Å²) in [7, 11) is 0. The monoisotopic (exact) mass is 322 g/mol. The van der Waals surface area contributed by atoms with Gasteiger partial charge >= 0.3 is 0 Å². The van der Waals surface area contributed by atoms with Crippen molar-refractivity contribution in [2.75, 3.05) is 13.2 Å². The summed E-state index contributed by atoms with van der Waals surface area (Å²) in [5.41, 5.74) is 0.778. The van der Waals surface area contributed by atoms with Crippen molar-refractivity contribution < 1.29 is 18.7 Å². The molecule has 0 spiro atoms. The Morgan fingerprint density at radius 2 is 2.09 bits per heavy atom. The van der Waals surface area contributed by atoms with Gasteiger partial charge < -0.3 is 15.0 Å². The number of hydrogen-bond acceptors (Lipinski definition) is 3.